The second-order valence-corrected chi connectivity index (χ2v) is 7.83. The largest absolute Gasteiger partial charge is 0.452 e. The summed E-state index contributed by atoms with van der Waals surface area (Å²) in [4.78, 5) is 41.2. The summed E-state index contributed by atoms with van der Waals surface area (Å²) < 4.78 is 5.13. The standard InChI is InChI=1S/C19H17N3O4S2/c1-11(17(24)22-19(20)25)26-15(23)10-14-16(13-8-5-9-27-13)21-18(28-14)12-6-3-2-4-7-12/h2-9,11H,10H2,1H3,(H3,20,22,24,25). The fourth-order valence-corrected chi connectivity index (χ4v) is 4.30. The molecule has 0 aliphatic heterocycles. The van der Waals surface area contributed by atoms with Crippen LogP contribution in [0.3, 0.4) is 0 Å². The minimum Gasteiger partial charge on any atom is -0.452 e. The van der Waals surface area contributed by atoms with Gasteiger partial charge >= 0.3 is 12.0 Å². The van der Waals surface area contributed by atoms with Crippen molar-refractivity contribution in [2.75, 3.05) is 0 Å². The number of nitrogens with two attached hydrogens (primary N) is 1. The lowest BCUT2D eigenvalue weighted by Gasteiger charge is -2.11. The number of amides is 3. The first-order chi connectivity index (χ1) is 13.4. The number of primary amides is 1. The molecule has 7 nitrogen and oxygen atoms in total. The van der Waals surface area contributed by atoms with Gasteiger partial charge in [-0.15, -0.1) is 22.7 Å². The lowest BCUT2D eigenvalue weighted by Crippen LogP contribution is -2.42. The van der Waals surface area contributed by atoms with Crippen molar-refractivity contribution in [3.05, 3.63) is 52.7 Å². The molecule has 2 aromatic heterocycles. The Labute approximate surface area is 169 Å². The molecule has 1 atom stereocenters. The number of rotatable bonds is 6. The highest BCUT2D eigenvalue weighted by molar-refractivity contribution is 7.17. The Bertz CT molecular complexity index is 984. The lowest BCUT2D eigenvalue weighted by atomic mass is 10.2. The van der Waals surface area contributed by atoms with Gasteiger partial charge in [-0.1, -0.05) is 36.4 Å². The number of urea groups is 1. The summed E-state index contributed by atoms with van der Waals surface area (Å²) in [5.74, 6) is -1.36. The summed E-state index contributed by atoms with van der Waals surface area (Å²) in [5, 5.41) is 4.62. The van der Waals surface area contributed by atoms with E-state index < -0.39 is 24.0 Å². The average Bonchev–Trinajstić information content (AvgIpc) is 3.31. The lowest BCUT2D eigenvalue weighted by molar-refractivity contribution is -0.153. The zero-order valence-corrected chi connectivity index (χ0v) is 16.5. The molecule has 3 rings (SSSR count). The number of benzene rings is 1. The number of thiophene rings is 1. The zero-order valence-electron chi connectivity index (χ0n) is 14.9. The summed E-state index contributed by atoms with van der Waals surface area (Å²) in [5.41, 5.74) is 6.59. The van der Waals surface area contributed by atoms with Crippen molar-refractivity contribution in [2.24, 2.45) is 5.73 Å². The molecule has 0 bridgehead atoms. The van der Waals surface area contributed by atoms with E-state index in [1.165, 1.54) is 29.6 Å². The number of aromatic nitrogens is 1. The van der Waals surface area contributed by atoms with Crippen molar-refractivity contribution in [3.63, 3.8) is 0 Å². The van der Waals surface area contributed by atoms with Gasteiger partial charge in [0.05, 0.1) is 17.0 Å². The predicted octanol–water partition coefficient (Wildman–Crippen LogP) is 3.21. The third kappa shape index (κ3) is 4.81. The average molecular weight is 415 g/mol. The monoisotopic (exact) mass is 415 g/mol. The van der Waals surface area contributed by atoms with Crippen molar-refractivity contribution in [1.82, 2.24) is 10.3 Å². The fraction of sp³-hybridized carbons (Fsp3) is 0.158. The molecule has 0 aliphatic rings. The first-order valence-electron chi connectivity index (χ1n) is 8.33. The molecule has 3 amide bonds. The van der Waals surface area contributed by atoms with Crippen LogP contribution in [-0.2, 0) is 20.7 Å². The molecule has 3 N–H and O–H groups in total. The van der Waals surface area contributed by atoms with Crippen molar-refractivity contribution >= 4 is 40.6 Å². The van der Waals surface area contributed by atoms with Crippen LogP contribution in [0, 0.1) is 0 Å². The first kappa shape index (κ1) is 19.7. The number of hydrogen-bond donors (Lipinski definition) is 2. The van der Waals surface area contributed by atoms with E-state index in [-0.39, 0.29) is 6.42 Å². The highest BCUT2D eigenvalue weighted by atomic mass is 32.1. The minimum atomic E-state index is -1.13. The molecule has 28 heavy (non-hydrogen) atoms. The molecule has 0 fully saturated rings. The highest BCUT2D eigenvalue weighted by Crippen LogP contribution is 2.36. The number of imide groups is 1. The van der Waals surface area contributed by atoms with Gasteiger partial charge in [0.15, 0.2) is 6.10 Å². The molecule has 9 heteroatoms. The van der Waals surface area contributed by atoms with Crippen LogP contribution >= 0.6 is 22.7 Å². The van der Waals surface area contributed by atoms with E-state index in [1.807, 2.05) is 53.2 Å². The third-order valence-electron chi connectivity index (χ3n) is 3.70. The number of carbonyl (C=O) groups excluding carboxylic acids is 3. The summed E-state index contributed by atoms with van der Waals surface area (Å²) in [6, 6.07) is 12.5. The van der Waals surface area contributed by atoms with E-state index >= 15 is 0 Å². The second kappa shape index (κ2) is 8.77. The number of ether oxygens (including phenoxy) is 1. The number of esters is 1. The van der Waals surface area contributed by atoms with E-state index in [1.54, 1.807) is 0 Å². The minimum absolute atomic E-state index is 0.0358. The number of nitrogens with zero attached hydrogens (tertiary/aromatic N) is 1. The van der Waals surface area contributed by atoms with Gasteiger partial charge in [0, 0.05) is 10.4 Å². The predicted molar refractivity (Wildman–Crippen MR) is 108 cm³/mol. The van der Waals surface area contributed by atoms with Crippen molar-refractivity contribution in [1.29, 1.82) is 0 Å². The van der Waals surface area contributed by atoms with Crippen LogP contribution in [-0.4, -0.2) is 29.0 Å². The summed E-state index contributed by atoms with van der Waals surface area (Å²) in [7, 11) is 0. The first-order valence-corrected chi connectivity index (χ1v) is 10.0. The van der Waals surface area contributed by atoms with E-state index in [0.717, 1.165) is 26.0 Å². The third-order valence-corrected chi connectivity index (χ3v) is 5.68. The molecule has 2 heterocycles. The molecular formula is C19H17N3O4S2. The fourth-order valence-electron chi connectivity index (χ4n) is 2.43. The molecule has 1 unspecified atom stereocenters. The van der Waals surface area contributed by atoms with Crippen LogP contribution in [0.25, 0.3) is 21.1 Å². The van der Waals surface area contributed by atoms with Crippen LogP contribution in [0.5, 0.6) is 0 Å². The van der Waals surface area contributed by atoms with Crippen LogP contribution in [0.4, 0.5) is 4.79 Å². The van der Waals surface area contributed by atoms with Crippen molar-refractivity contribution in [3.8, 4) is 21.1 Å². The molecule has 0 saturated carbocycles. The Hall–Kier alpha value is -3.04. The SMILES string of the molecule is CC(OC(=O)Cc1sc(-c2ccccc2)nc1-c1cccs1)C(=O)NC(N)=O. The van der Waals surface area contributed by atoms with Gasteiger partial charge in [0.25, 0.3) is 5.91 Å². The Balaban J connectivity index is 1.80. The number of hydrogen-bond acceptors (Lipinski definition) is 7. The van der Waals surface area contributed by atoms with Gasteiger partial charge in [0.2, 0.25) is 0 Å². The van der Waals surface area contributed by atoms with Crippen molar-refractivity contribution < 1.29 is 19.1 Å². The second-order valence-electron chi connectivity index (χ2n) is 5.80. The Morgan fingerprint density at radius 3 is 2.57 bits per heavy atom. The van der Waals surface area contributed by atoms with Crippen LogP contribution in [0.2, 0.25) is 0 Å². The molecule has 0 radical (unpaired) electrons. The molecule has 144 valence electrons. The molecule has 0 aliphatic carbocycles. The van der Waals surface area contributed by atoms with Gasteiger partial charge in [-0.2, -0.15) is 0 Å². The van der Waals surface area contributed by atoms with Gasteiger partial charge in [-0.25, -0.2) is 9.78 Å². The maximum Gasteiger partial charge on any atom is 0.318 e. The van der Waals surface area contributed by atoms with Crippen LogP contribution in [0.15, 0.2) is 47.8 Å². The Kier molecular flexibility index (Phi) is 6.17. The maximum absolute atomic E-state index is 12.3. The number of thiazole rings is 1. The van der Waals surface area contributed by atoms with E-state index in [2.05, 4.69) is 0 Å². The van der Waals surface area contributed by atoms with Crippen LogP contribution < -0.4 is 11.1 Å². The maximum atomic E-state index is 12.3. The molecular weight excluding hydrogens is 398 g/mol. The van der Waals surface area contributed by atoms with E-state index in [4.69, 9.17) is 15.5 Å². The van der Waals surface area contributed by atoms with E-state index in [0.29, 0.717) is 0 Å². The van der Waals surface area contributed by atoms with Gasteiger partial charge in [0.1, 0.15) is 5.01 Å². The Morgan fingerprint density at radius 2 is 1.93 bits per heavy atom. The zero-order chi connectivity index (χ0) is 20.1. The summed E-state index contributed by atoms with van der Waals surface area (Å²) in [6.07, 6.45) is -1.17. The topological polar surface area (TPSA) is 111 Å². The number of carbonyl (C=O) groups is 3. The highest BCUT2D eigenvalue weighted by Gasteiger charge is 2.22. The van der Waals surface area contributed by atoms with Gasteiger partial charge < -0.3 is 10.5 Å². The van der Waals surface area contributed by atoms with Gasteiger partial charge in [-0.05, 0) is 18.4 Å². The summed E-state index contributed by atoms with van der Waals surface area (Å²) in [6.45, 7) is 1.37. The molecule has 0 spiro atoms. The molecule has 3 aromatic rings. The number of nitrogens with one attached hydrogen (secondary N) is 1. The van der Waals surface area contributed by atoms with Crippen molar-refractivity contribution in [2.45, 2.75) is 19.4 Å². The van der Waals surface area contributed by atoms with Gasteiger partial charge in [-0.3, -0.25) is 14.9 Å². The Morgan fingerprint density at radius 1 is 1.18 bits per heavy atom. The smallest absolute Gasteiger partial charge is 0.318 e. The van der Waals surface area contributed by atoms with E-state index in [9.17, 15) is 14.4 Å². The summed E-state index contributed by atoms with van der Waals surface area (Å²) >= 11 is 2.93. The normalized spacial score (nSPS) is 11.6. The van der Waals surface area contributed by atoms with Crippen LogP contribution in [0.1, 0.15) is 11.8 Å². The molecule has 1 aromatic carbocycles. The molecule has 0 saturated heterocycles. The quantitative estimate of drug-likeness (QED) is 0.601.